The summed E-state index contributed by atoms with van der Waals surface area (Å²) >= 11 is 0. The Bertz CT molecular complexity index is 658. The largest absolute Gasteiger partial charge is 0.478 e. The second-order valence-corrected chi connectivity index (χ2v) is 4.11. The first-order chi connectivity index (χ1) is 9.17. The molecule has 96 valence electrons. The quantitative estimate of drug-likeness (QED) is 0.910. The first-order valence-corrected chi connectivity index (χ1v) is 5.98. The molecule has 0 spiro atoms. The van der Waals surface area contributed by atoms with E-state index < -0.39 is 12.1 Å². The number of carboxylic acid groups (broad SMARTS) is 1. The zero-order valence-corrected chi connectivity index (χ0v) is 10.5. The molecule has 0 heterocycles. The monoisotopic (exact) mass is 255 g/mol. The minimum Gasteiger partial charge on any atom is -0.478 e. The van der Waals surface area contributed by atoms with Gasteiger partial charge in [0.1, 0.15) is 17.4 Å². The highest BCUT2D eigenvalue weighted by Gasteiger charge is 2.18. The van der Waals surface area contributed by atoms with Crippen molar-refractivity contribution in [2.75, 3.05) is 0 Å². The molecule has 0 aliphatic rings. The molecule has 19 heavy (non-hydrogen) atoms. The molecule has 2 rings (SSSR count). The Morgan fingerprint density at radius 3 is 2.74 bits per heavy atom. The van der Waals surface area contributed by atoms with Crippen LogP contribution in [0.3, 0.4) is 0 Å². The number of benzene rings is 2. The van der Waals surface area contributed by atoms with Crippen molar-refractivity contribution in [2.45, 2.75) is 19.4 Å². The molecule has 0 bridgehead atoms. The molecule has 0 radical (unpaired) electrons. The van der Waals surface area contributed by atoms with Crippen molar-refractivity contribution in [3.05, 3.63) is 42.0 Å². The molecule has 4 nitrogen and oxygen atoms in total. The molecular weight excluding hydrogens is 242 g/mol. The minimum absolute atomic E-state index is 0.104. The van der Waals surface area contributed by atoms with Gasteiger partial charge in [0.15, 0.2) is 6.10 Å². The molecule has 1 N–H and O–H groups in total. The van der Waals surface area contributed by atoms with Crippen LogP contribution < -0.4 is 4.74 Å². The van der Waals surface area contributed by atoms with Gasteiger partial charge in [-0.3, -0.25) is 0 Å². The smallest absolute Gasteiger partial charge is 0.340 e. The third-order valence-corrected chi connectivity index (χ3v) is 2.89. The molecule has 0 saturated heterocycles. The summed E-state index contributed by atoms with van der Waals surface area (Å²) in [6, 6.07) is 12.6. The number of hydrogen-bond acceptors (Lipinski definition) is 3. The summed E-state index contributed by atoms with van der Waals surface area (Å²) in [5, 5.41) is 19.7. The zero-order chi connectivity index (χ0) is 13.8. The van der Waals surface area contributed by atoms with E-state index in [9.17, 15) is 9.90 Å². The number of nitrogens with zero attached hydrogens (tertiary/aromatic N) is 1. The van der Waals surface area contributed by atoms with Crippen LogP contribution >= 0.6 is 0 Å². The van der Waals surface area contributed by atoms with Crippen LogP contribution in [0.4, 0.5) is 0 Å². The summed E-state index contributed by atoms with van der Waals surface area (Å²) in [5.74, 6) is -0.820. The standard InChI is InChI=1S/C15H13NO3/c1-2-11(9-16)19-13-8-7-10-5-3-4-6-12(10)14(13)15(17)18/h3-8,11H,2H2,1H3,(H,17,18). The highest BCUT2D eigenvalue weighted by atomic mass is 16.5. The molecule has 2 aromatic rings. The first-order valence-electron chi connectivity index (χ1n) is 5.98. The average Bonchev–Trinajstić information content (AvgIpc) is 2.43. The number of aromatic carboxylic acids is 1. The number of fused-ring (bicyclic) bond motifs is 1. The number of nitriles is 1. The normalized spacial score (nSPS) is 11.8. The molecule has 0 fully saturated rings. The van der Waals surface area contributed by atoms with Crippen molar-refractivity contribution < 1.29 is 14.6 Å². The molecule has 2 aromatic carbocycles. The van der Waals surface area contributed by atoms with E-state index in [2.05, 4.69) is 0 Å². The van der Waals surface area contributed by atoms with Crippen molar-refractivity contribution >= 4 is 16.7 Å². The Morgan fingerprint density at radius 2 is 2.11 bits per heavy atom. The Morgan fingerprint density at radius 1 is 1.37 bits per heavy atom. The van der Waals surface area contributed by atoms with Gasteiger partial charge in [-0.25, -0.2) is 4.79 Å². The molecule has 0 saturated carbocycles. The maximum absolute atomic E-state index is 11.4. The van der Waals surface area contributed by atoms with E-state index in [-0.39, 0.29) is 11.3 Å². The fourth-order valence-electron chi connectivity index (χ4n) is 1.92. The van der Waals surface area contributed by atoms with E-state index in [0.717, 1.165) is 5.39 Å². The van der Waals surface area contributed by atoms with E-state index in [1.165, 1.54) is 0 Å². The van der Waals surface area contributed by atoms with Gasteiger partial charge >= 0.3 is 5.97 Å². The summed E-state index contributed by atoms with van der Waals surface area (Å²) in [5.41, 5.74) is 0.104. The SMILES string of the molecule is CCC(C#N)Oc1ccc2ccccc2c1C(=O)O. The molecule has 0 aliphatic carbocycles. The van der Waals surface area contributed by atoms with Crippen LogP contribution in [0.15, 0.2) is 36.4 Å². The summed E-state index contributed by atoms with van der Waals surface area (Å²) < 4.78 is 5.47. The molecule has 4 heteroatoms. The second kappa shape index (κ2) is 5.40. The van der Waals surface area contributed by atoms with Gasteiger partial charge in [0.05, 0.1) is 0 Å². The topological polar surface area (TPSA) is 70.3 Å². The Hall–Kier alpha value is -2.54. The van der Waals surface area contributed by atoms with Crippen molar-refractivity contribution in [2.24, 2.45) is 0 Å². The van der Waals surface area contributed by atoms with E-state index >= 15 is 0 Å². The number of rotatable bonds is 4. The summed E-state index contributed by atoms with van der Waals surface area (Å²) in [7, 11) is 0. The maximum atomic E-state index is 11.4. The van der Waals surface area contributed by atoms with Gasteiger partial charge in [-0.15, -0.1) is 0 Å². The van der Waals surface area contributed by atoms with Crippen molar-refractivity contribution in [3.63, 3.8) is 0 Å². The highest BCUT2D eigenvalue weighted by Crippen LogP contribution is 2.29. The zero-order valence-electron chi connectivity index (χ0n) is 10.5. The van der Waals surface area contributed by atoms with Gasteiger partial charge in [0.2, 0.25) is 0 Å². The molecular formula is C15H13NO3. The van der Waals surface area contributed by atoms with Crippen LogP contribution in [-0.4, -0.2) is 17.2 Å². The predicted molar refractivity (Wildman–Crippen MR) is 71.2 cm³/mol. The van der Waals surface area contributed by atoms with E-state index in [4.69, 9.17) is 10.00 Å². The van der Waals surface area contributed by atoms with Crippen LogP contribution in [0.1, 0.15) is 23.7 Å². The lowest BCUT2D eigenvalue weighted by Crippen LogP contribution is -2.14. The summed E-state index contributed by atoms with van der Waals surface area (Å²) in [4.78, 5) is 11.4. The predicted octanol–water partition coefficient (Wildman–Crippen LogP) is 3.22. The van der Waals surface area contributed by atoms with Gasteiger partial charge in [-0.1, -0.05) is 37.3 Å². The average molecular weight is 255 g/mol. The van der Waals surface area contributed by atoms with Gasteiger partial charge < -0.3 is 9.84 Å². The molecule has 1 atom stereocenters. The molecule has 1 unspecified atom stereocenters. The van der Waals surface area contributed by atoms with Crippen molar-refractivity contribution in [1.29, 1.82) is 5.26 Å². The van der Waals surface area contributed by atoms with Gasteiger partial charge in [-0.05, 0) is 23.3 Å². The van der Waals surface area contributed by atoms with Crippen molar-refractivity contribution in [1.82, 2.24) is 0 Å². The summed E-state index contributed by atoms with van der Waals surface area (Å²) in [6.45, 7) is 1.81. The van der Waals surface area contributed by atoms with Gasteiger partial charge in [0, 0.05) is 0 Å². The second-order valence-electron chi connectivity index (χ2n) is 4.11. The number of carboxylic acids is 1. The lowest BCUT2D eigenvalue weighted by molar-refractivity contribution is 0.0693. The van der Waals surface area contributed by atoms with Crippen molar-refractivity contribution in [3.8, 4) is 11.8 Å². The van der Waals surface area contributed by atoms with Gasteiger partial charge in [0.25, 0.3) is 0 Å². The third-order valence-electron chi connectivity index (χ3n) is 2.89. The highest BCUT2D eigenvalue weighted by molar-refractivity contribution is 6.06. The lowest BCUT2D eigenvalue weighted by atomic mass is 10.0. The number of carbonyl (C=O) groups is 1. The van der Waals surface area contributed by atoms with Crippen LogP contribution in [0.2, 0.25) is 0 Å². The molecule has 0 aliphatic heterocycles. The Kier molecular flexibility index (Phi) is 3.67. The van der Waals surface area contributed by atoms with E-state index in [0.29, 0.717) is 11.8 Å². The molecule has 0 aromatic heterocycles. The Labute approximate surface area is 110 Å². The van der Waals surface area contributed by atoms with Crippen LogP contribution in [0.5, 0.6) is 5.75 Å². The van der Waals surface area contributed by atoms with Crippen LogP contribution in [0, 0.1) is 11.3 Å². The fourth-order valence-corrected chi connectivity index (χ4v) is 1.92. The van der Waals surface area contributed by atoms with E-state index in [1.54, 1.807) is 24.3 Å². The fraction of sp³-hybridized carbons (Fsp3) is 0.200. The third kappa shape index (κ3) is 2.50. The van der Waals surface area contributed by atoms with Gasteiger partial charge in [-0.2, -0.15) is 5.26 Å². The maximum Gasteiger partial charge on any atom is 0.340 e. The molecule has 0 amide bonds. The first kappa shape index (κ1) is 12.9. The van der Waals surface area contributed by atoms with E-state index in [1.807, 2.05) is 25.1 Å². The number of hydrogen-bond donors (Lipinski definition) is 1. The lowest BCUT2D eigenvalue weighted by Gasteiger charge is -2.14. The van der Waals surface area contributed by atoms with Crippen LogP contribution in [-0.2, 0) is 0 Å². The summed E-state index contributed by atoms with van der Waals surface area (Å²) in [6.07, 6.45) is -0.137. The number of ether oxygens (including phenoxy) is 1. The van der Waals surface area contributed by atoms with Crippen LogP contribution in [0.25, 0.3) is 10.8 Å². The Balaban J connectivity index is 2.58. The minimum atomic E-state index is -1.06.